The lowest BCUT2D eigenvalue weighted by atomic mass is 10.0. The topological polar surface area (TPSA) is 78.3 Å². The van der Waals surface area contributed by atoms with Gasteiger partial charge < -0.3 is 4.74 Å². The number of aromatic nitrogens is 2. The summed E-state index contributed by atoms with van der Waals surface area (Å²) in [4.78, 5) is 12.3. The standard InChI is InChI=1S/C21H22N2O4S2/c1-15-11-20(23(22-15)13-21(24)27-14-28-2)17-9-7-16(8-10-17)18-5-4-6-19(12-18)29(3,25)26/h4-12H,13-14H2,1-3H3. The summed E-state index contributed by atoms with van der Waals surface area (Å²) in [6.07, 6.45) is 3.06. The fourth-order valence-electron chi connectivity index (χ4n) is 2.93. The second-order valence-corrected chi connectivity index (χ2v) is 9.46. The molecule has 2 aromatic carbocycles. The van der Waals surface area contributed by atoms with Gasteiger partial charge in [0.2, 0.25) is 0 Å². The van der Waals surface area contributed by atoms with Gasteiger partial charge in [-0.3, -0.25) is 9.48 Å². The first-order valence-corrected chi connectivity index (χ1v) is 12.2. The molecule has 0 saturated carbocycles. The molecule has 152 valence electrons. The van der Waals surface area contributed by atoms with Crippen LogP contribution < -0.4 is 0 Å². The molecular formula is C21H22N2O4S2. The van der Waals surface area contributed by atoms with Crippen molar-refractivity contribution in [2.75, 3.05) is 18.5 Å². The summed E-state index contributed by atoms with van der Waals surface area (Å²) in [5.41, 5.74) is 4.26. The number of ether oxygens (including phenoxy) is 1. The monoisotopic (exact) mass is 430 g/mol. The molecule has 0 radical (unpaired) electrons. The smallest absolute Gasteiger partial charge is 0.328 e. The third-order valence-corrected chi connectivity index (χ3v) is 5.76. The number of carbonyl (C=O) groups is 1. The number of nitrogens with zero attached hydrogens (tertiary/aromatic N) is 2. The Kier molecular flexibility index (Phi) is 6.44. The molecule has 0 unspecified atom stereocenters. The summed E-state index contributed by atoms with van der Waals surface area (Å²) in [5, 5.41) is 4.40. The molecule has 0 N–H and O–H groups in total. The Labute approximate surface area is 174 Å². The van der Waals surface area contributed by atoms with Crippen LogP contribution in [0.2, 0.25) is 0 Å². The van der Waals surface area contributed by atoms with E-state index in [1.807, 2.05) is 49.6 Å². The van der Waals surface area contributed by atoms with E-state index in [4.69, 9.17) is 4.74 Å². The van der Waals surface area contributed by atoms with Gasteiger partial charge in [0.1, 0.15) is 12.5 Å². The first kappa shape index (κ1) is 21.1. The summed E-state index contributed by atoms with van der Waals surface area (Å²) >= 11 is 1.44. The minimum Gasteiger partial charge on any atom is -0.453 e. The minimum atomic E-state index is -3.26. The average molecular weight is 431 g/mol. The fraction of sp³-hybridized carbons (Fsp3) is 0.238. The Hall–Kier alpha value is -2.58. The highest BCUT2D eigenvalue weighted by molar-refractivity contribution is 7.98. The van der Waals surface area contributed by atoms with E-state index in [0.29, 0.717) is 5.94 Å². The number of thioether (sulfide) groups is 1. The molecule has 0 aliphatic rings. The van der Waals surface area contributed by atoms with Gasteiger partial charge in [-0.1, -0.05) is 36.4 Å². The van der Waals surface area contributed by atoms with Crippen molar-refractivity contribution in [3.63, 3.8) is 0 Å². The zero-order chi connectivity index (χ0) is 21.0. The molecule has 3 rings (SSSR count). The van der Waals surface area contributed by atoms with Crippen LogP contribution in [0.3, 0.4) is 0 Å². The van der Waals surface area contributed by atoms with Gasteiger partial charge >= 0.3 is 5.97 Å². The van der Waals surface area contributed by atoms with Crippen LogP contribution in [0.25, 0.3) is 22.4 Å². The van der Waals surface area contributed by atoms with Gasteiger partial charge in [-0.15, -0.1) is 11.8 Å². The zero-order valence-corrected chi connectivity index (χ0v) is 18.1. The van der Waals surface area contributed by atoms with Crippen molar-refractivity contribution in [2.24, 2.45) is 0 Å². The molecule has 0 amide bonds. The van der Waals surface area contributed by atoms with Crippen molar-refractivity contribution >= 4 is 27.6 Å². The first-order valence-electron chi connectivity index (χ1n) is 8.88. The average Bonchev–Trinajstić information content (AvgIpc) is 3.06. The third kappa shape index (κ3) is 5.27. The number of rotatable bonds is 7. The van der Waals surface area contributed by atoms with Crippen molar-refractivity contribution in [3.8, 4) is 22.4 Å². The van der Waals surface area contributed by atoms with E-state index in [1.165, 1.54) is 18.0 Å². The Bertz CT molecular complexity index is 1120. The third-order valence-electron chi connectivity index (χ3n) is 4.29. The van der Waals surface area contributed by atoms with Crippen LogP contribution in [0.1, 0.15) is 5.69 Å². The molecule has 8 heteroatoms. The Morgan fingerprint density at radius 1 is 1.07 bits per heavy atom. The maximum absolute atomic E-state index is 12.0. The molecule has 29 heavy (non-hydrogen) atoms. The summed E-state index contributed by atoms with van der Waals surface area (Å²) in [5.74, 6) is -0.0201. The van der Waals surface area contributed by atoms with Crippen molar-refractivity contribution in [1.29, 1.82) is 0 Å². The van der Waals surface area contributed by atoms with Crippen LogP contribution in [0.4, 0.5) is 0 Å². The highest BCUT2D eigenvalue weighted by Gasteiger charge is 2.13. The number of carbonyl (C=O) groups excluding carboxylic acids is 1. The lowest BCUT2D eigenvalue weighted by Gasteiger charge is -2.09. The number of hydrogen-bond donors (Lipinski definition) is 0. The lowest BCUT2D eigenvalue weighted by Crippen LogP contribution is -2.15. The molecule has 6 nitrogen and oxygen atoms in total. The van der Waals surface area contributed by atoms with E-state index in [2.05, 4.69) is 5.10 Å². The maximum Gasteiger partial charge on any atom is 0.328 e. The maximum atomic E-state index is 12.0. The highest BCUT2D eigenvalue weighted by Crippen LogP contribution is 2.27. The van der Waals surface area contributed by atoms with Gasteiger partial charge in [0.15, 0.2) is 9.84 Å². The largest absolute Gasteiger partial charge is 0.453 e. The lowest BCUT2D eigenvalue weighted by molar-refractivity contribution is -0.142. The Balaban J connectivity index is 1.87. The van der Waals surface area contributed by atoms with Crippen molar-refractivity contribution in [3.05, 3.63) is 60.3 Å². The quantitative estimate of drug-likeness (QED) is 0.419. The van der Waals surface area contributed by atoms with Crippen LogP contribution in [-0.4, -0.2) is 42.6 Å². The van der Waals surface area contributed by atoms with Gasteiger partial charge in [-0.2, -0.15) is 5.10 Å². The molecule has 0 aliphatic carbocycles. The van der Waals surface area contributed by atoms with E-state index in [9.17, 15) is 13.2 Å². The molecule has 0 fully saturated rings. The number of benzene rings is 2. The molecular weight excluding hydrogens is 408 g/mol. The molecule has 1 heterocycles. The molecule has 3 aromatic rings. The number of aryl methyl sites for hydroxylation is 1. The number of sulfone groups is 1. The number of hydrogen-bond acceptors (Lipinski definition) is 6. The Morgan fingerprint density at radius 2 is 1.76 bits per heavy atom. The predicted molar refractivity (Wildman–Crippen MR) is 115 cm³/mol. The van der Waals surface area contributed by atoms with Crippen LogP contribution in [0.15, 0.2) is 59.5 Å². The fourth-order valence-corrected chi connectivity index (χ4v) is 3.85. The van der Waals surface area contributed by atoms with Gasteiger partial charge in [0.05, 0.1) is 16.3 Å². The van der Waals surface area contributed by atoms with Crippen molar-refractivity contribution in [1.82, 2.24) is 9.78 Å². The summed E-state index contributed by atoms with van der Waals surface area (Å²) < 4.78 is 30.4. The van der Waals surface area contributed by atoms with Gasteiger partial charge in [0.25, 0.3) is 0 Å². The van der Waals surface area contributed by atoms with E-state index in [1.54, 1.807) is 22.9 Å². The van der Waals surface area contributed by atoms with Crippen LogP contribution in [0.5, 0.6) is 0 Å². The molecule has 0 saturated heterocycles. The van der Waals surface area contributed by atoms with E-state index in [-0.39, 0.29) is 17.4 Å². The SMILES string of the molecule is CSCOC(=O)Cn1nc(C)cc1-c1ccc(-c2cccc(S(C)(=O)=O)c2)cc1. The van der Waals surface area contributed by atoms with Crippen molar-refractivity contribution < 1.29 is 17.9 Å². The summed E-state index contributed by atoms with van der Waals surface area (Å²) in [6, 6.07) is 16.5. The molecule has 0 spiro atoms. The highest BCUT2D eigenvalue weighted by atomic mass is 32.2. The summed E-state index contributed by atoms with van der Waals surface area (Å²) in [7, 11) is -3.26. The van der Waals surface area contributed by atoms with Gasteiger partial charge in [0, 0.05) is 6.26 Å². The van der Waals surface area contributed by atoms with E-state index >= 15 is 0 Å². The van der Waals surface area contributed by atoms with Crippen LogP contribution in [-0.2, 0) is 25.9 Å². The Morgan fingerprint density at radius 3 is 2.41 bits per heavy atom. The second-order valence-electron chi connectivity index (χ2n) is 6.63. The van der Waals surface area contributed by atoms with Crippen LogP contribution >= 0.6 is 11.8 Å². The number of esters is 1. The molecule has 1 aromatic heterocycles. The van der Waals surface area contributed by atoms with E-state index in [0.717, 1.165) is 28.1 Å². The normalized spacial score (nSPS) is 11.4. The van der Waals surface area contributed by atoms with E-state index < -0.39 is 9.84 Å². The summed E-state index contributed by atoms with van der Waals surface area (Å²) in [6.45, 7) is 1.92. The second kappa shape index (κ2) is 8.84. The minimum absolute atomic E-state index is 0.0435. The molecule has 0 atom stereocenters. The first-order chi connectivity index (χ1) is 13.8. The molecule has 0 aliphatic heterocycles. The predicted octanol–water partition coefficient (Wildman–Crippen LogP) is 3.79. The van der Waals surface area contributed by atoms with Gasteiger partial charge in [-0.25, -0.2) is 8.42 Å². The zero-order valence-electron chi connectivity index (χ0n) is 16.5. The van der Waals surface area contributed by atoms with Gasteiger partial charge in [-0.05, 0) is 48.1 Å². The molecule has 0 bridgehead atoms. The van der Waals surface area contributed by atoms with Crippen LogP contribution in [0, 0.1) is 6.92 Å². The van der Waals surface area contributed by atoms with Crippen molar-refractivity contribution in [2.45, 2.75) is 18.4 Å².